The summed E-state index contributed by atoms with van der Waals surface area (Å²) in [7, 11) is 0. The number of rotatable bonds is 6. The Labute approximate surface area is 171 Å². The third kappa shape index (κ3) is 4.23. The summed E-state index contributed by atoms with van der Waals surface area (Å²) in [5.41, 5.74) is 0.548. The lowest BCUT2D eigenvalue weighted by molar-refractivity contribution is -0.141. The number of pyridine rings is 2. The highest BCUT2D eigenvalue weighted by Crippen LogP contribution is 2.32. The summed E-state index contributed by atoms with van der Waals surface area (Å²) in [6.07, 6.45) is 1.82. The Morgan fingerprint density at radius 1 is 1.13 bits per heavy atom. The standard InChI is InChI=1S/C22H21F4N3O/c1-2-13-7-20(23)19(17-4-5-27-11-18(13)17)12-29-14-8-16(9-14)30-15-3-6-28-21(10-15)22(24,25)26/h3-7,10-11,14,16,29H,2,8-9,12H2,1H3. The number of ether oxygens (including phenoxy) is 1. The maximum absolute atomic E-state index is 14.7. The van der Waals surface area contributed by atoms with E-state index in [0.717, 1.165) is 35.0 Å². The molecule has 2 aromatic heterocycles. The van der Waals surface area contributed by atoms with Gasteiger partial charge in [-0.2, -0.15) is 13.2 Å². The third-order valence-corrected chi connectivity index (χ3v) is 5.45. The van der Waals surface area contributed by atoms with Gasteiger partial charge in [0.2, 0.25) is 0 Å². The van der Waals surface area contributed by atoms with Crippen molar-refractivity contribution >= 4 is 10.8 Å². The highest BCUT2D eigenvalue weighted by Gasteiger charge is 2.34. The molecule has 1 aliphatic carbocycles. The lowest BCUT2D eigenvalue weighted by Crippen LogP contribution is -2.46. The van der Waals surface area contributed by atoms with Crippen molar-refractivity contribution in [2.24, 2.45) is 0 Å². The van der Waals surface area contributed by atoms with Crippen LogP contribution in [0.2, 0.25) is 0 Å². The Morgan fingerprint density at radius 3 is 2.67 bits per heavy atom. The second kappa shape index (κ2) is 8.18. The van der Waals surface area contributed by atoms with E-state index in [1.807, 2.05) is 13.0 Å². The fourth-order valence-electron chi connectivity index (χ4n) is 3.74. The van der Waals surface area contributed by atoms with Crippen LogP contribution < -0.4 is 10.1 Å². The van der Waals surface area contributed by atoms with Gasteiger partial charge in [0.15, 0.2) is 0 Å². The molecule has 1 fully saturated rings. The van der Waals surface area contributed by atoms with Crippen LogP contribution in [0.25, 0.3) is 10.8 Å². The predicted molar refractivity (Wildman–Crippen MR) is 105 cm³/mol. The number of hydrogen-bond donors (Lipinski definition) is 1. The van der Waals surface area contributed by atoms with Crippen LogP contribution in [-0.4, -0.2) is 22.1 Å². The fraction of sp³-hybridized carbons (Fsp3) is 0.364. The molecule has 0 aliphatic heterocycles. The van der Waals surface area contributed by atoms with Crippen molar-refractivity contribution in [1.82, 2.24) is 15.3 Å². The van der Waals surface area contributed by atoms with E-state index < -0.39 is 11.9 Å². The van der Waals surface area contributed by atoms with Gasteiger partial charge in [0.25, 0.3) is 0 Å². The lowest BCUT2D eigenvalue weighted by atomic mass is 9.88. The molecule has 0 radical (unpaired) electrons. The number of benzene rings is 1. The van der Waals surface area contributed by atoms with Crippen LogP contribution in [-0.2, 0) is 19.1 Å². The van der Waals surface area contributed by atoms with E-state index in [9.17, 15) is 17.6 Å². The molecule has 1 saturated carbocycles. The van der Waals surface area contributed by atoms with Crippen molar-refractivity contribution in [3.8, 4) is 5.75 Å². The Kier molecular flexibility index (Phi) is 5.60. The molecule has 1 aliphatic rings. The summed E-state index contributed by atoms with van der Waals surface area (Å²) in [6, 6.07) is 5.83. The number of fused-ring (bicyclic) bond motifs is 1. The number of halogens is 4. The molecular formula is C22H21F4N3O. The summed E-state index contributed by atoms with van der Waals surface area (Å²) < 4.78 is 58.5. The van der Waals surface area contributed by atoms with Crippen LogP contribution in [0.4, 0.5) is 17.6 Å². The molecule has 0 unspecified atom stereocenters. The zero-order valence-electron chi connectivity index (χ0n) is 16.3. The lowest BCUT2D eigenvalue weighted by Gasteiger charge is -2.36. The van der Waals surface area contributed by atoms with Crippen LogP contribution in [0.15, 0.2) is 42.9 Å². The molecule has 0 bridgehead atoms. The first-order valence-electron chi connectivity index (χ1n) is 9.82. The maximum atomic E-state index is 14.7. The normalized spacial score (nSPS) is 19.0. The molecule has 0 spiro atoms. The smallest absolute Gasteiger partial charge is 0.433 e. The fourth-order valence-corrected chi connectivity index (χ4v) is 3.74. The van der Waals surface area contributed by atoms with Crippen molar-refractivity contribution in [2.45, 2.75) is 51.1 Å². The molecule has 8 heteroatoms. The van der Waals surface area contributed by atoms with Gasteiger partial charge in [0, 0.05) is 48.2 Å². The first kappa shape index (κ1) is 20.5. The molecule has 4 rings (SSSR count). The number of alkyl halides is 3. The van der Waals surface area contributed by atoms with Gasteiger partial charge in [-0.05, 0) is 48.4 Å². The summed E-state index contributed by atoms with van der Waals surface area (Å²) in [5.74, 6) is -0.0953. The molecule has 0 amide bonds. The van der Waals surface area contributed by atoms with Gasteiger partial charge < -0.3 is 10.1 Å². The van der Waals surface area contributed by atoms with Gasteiger partial charge in [-0.3, -0.25) is 9.97 Å². The van der Waals surface area contributed by atoms with E-state index in [1.165, 1.54) is 6.07 Å². The Morgan fingerprint density at radius 2 is 1.93 bits per heavy atom. The van der Waals surface area contributed by atoms with Gasteiger partial charge in [-0.1, -0.05) is 6.92 Å². The molecule has 30 heavy (non-hydrogen) atoms. The van der Waals surface area contributed by atoms with Gasteiger partial charge in [0.1, 0.15) is 23.4 Å². The van der Waals surface area contributed by atoms with E-state index in [2.05, 4.69) is 15.3 Å². The third-order valence-electron chi connectivity index (χ3n) is 5.45. The van der Waals surface area contributed by atoms with Crippen molar-refractivity contribution < 1.29 is 22.3 Å². The molecule has 0 saturated heterocycles. The largest absolute Gasteiger partial charge is 0.490 e. The average molecular weight is 419 g/mol. The highest BCUT2D eigenvalue weighted by molar-refractivity contribution is 5.88. The summed E-state index contributed by atoms with van der Waals surface area (Å²) in [6.45, 7) is 2.34. The van der Waals surface area contributed by atoms with E-state index in [4.69, 9.17) is 4.74 Å². The number of nitrogens with zero attached hydrogens (tertiary/aromatic N) is 2. The molecule has 3 aromatic rings. The minimum atomic E-state index is -4.50. The Balaban J connectivity index is 1.36. The van der Waals surface area contributed by atoms with Crippen LogP contribution in [0.3, 0.4) is 0 Å². The van der Waals surface area contributed by atoms with Crippen molar-refractivity contribution in [2.75, 3.05) is 0 Å². The molecule has 1 N–H and O–H groups in total. The van der Waals surface area contributed by atoms with Crippen LogP contribution in [0.5, 0.6) is 5.75 Å². The van der Waals surface area contributed by atoms with E-state index in [1.54, 1.807) is 18.5 Å². The number of nitrogens with one attached hydrogen (secondary N) is 1. The Hall–Kier alpha value is -2.74. The summed E-state index contributed by atoms with van der Waals surface area (Å²) in [5, 5.41) is 5.12. The molecule has 4 nitrogen and oxygen atoms in total. The van der Waals surface area contributed by atoms with E-state index in [0.29, 0.717) is 24.9 Å². The highest BCUT2D eigenvalue weighted by atomic mass is 19.4. The predicted octanol–water partition coefficient (Wildman–Crippen LogP) is 5.05. The van der Waals surface area contributed by atoms with Gasteiger partial charge in [-0.15, -0.1) is 0 Å². The maximum Gasteiger partial charge on any atom is 0.433 e. The molecule has 2 heterocycles. The number of aryl methyl sites for hydroxylation is 1. The quantitative estimate of drug-likeness (QED) is 0.568. The topological polar surface area (TPSA) is 47.0 Å². The van der Waals surface area contributed by atoms with Gasteiger partial charge >= 0.3 is 6.18 Å². The minimum absolute atomic E-state index is 0.112. The molecular weight excluding hydrogens is 398 g/mol. The van der Waals surface area contributed by atoms with Crippen molar-refractivity contribution in [3.63, 3.8) is 0 Å². The first-order valence-corrected chi connectivity index (χ1v) is 9.82. The molecule has 158 valence electrons. The first-order chi connectivity index (χ1) is 14.3. The summed E-state index contributed by atoms with van der Waals surface area (Å²) in [4.78, 5) is 7.48. The monoisotopic (exact) mass is 419 g/mol. The SMILES string of the molecule is CCc1cc(F)c(CNC2CC(Oc3ccnc(C(F)(F)F)c3)C2)c2ccncc12. The van der Waals surface area contributed by atoms with Crippen molar-refractivity contribution in [3.05, 3.63) is 65.5 Å². The van der Waals surface area contributed by atoms with Crippen LogP contribution >= 0.6 is 0 Å². The Bertz CT molecular complexity index is 1050. The van der Waals surface area contributed by atoms with Crippen molar-refractivity contribution in [1.29, 1.82) is 0 Å². The van der Waals surface area contributed by atoms with Crippen LogP contribution in [0, 0.1) is 5.82 Å². The second-order valence-electron chi connectivity index (χ2n) is 7.43. The zero-order chi connectivity index (χ0) is 21.3. The number of hydrogen-bond acceptors (Lipinski definition) is 4. The van der Waals surface area contributed by atoms with E-state index in [-0.39, 0.29) is 23.7 Å². The second-order valence-corrected chi connectivity index (χ2v) is 7.43. The van der Waals surface area contributed by atoms with Gasteiger partial charge in [-0.25, -0.2) is 4.39 Å². The average Bonchev–Trinajstić information content (AvgIpc) is 2.70. The molecule has 0 atom stereocenters. The van der Waals surface area contributed by atoms with Gasteiger partial charge in [0.05, 0.1) is 0 Å². The minimum Gasteiger partial charge on any atom is -0.490 e. The van der Waals surface area contributed by atoms with Crippen LogP contribution in [0.1, 0.15) is 36.6 Å². The van der Waals surface area contributed by atoms with E-state index >= 15 is 0 Å². The zero-order valence-corrected chi connectivity index (χ0v) is 16.3. The molecule has 1 aromatic carbocycles. The number of aromatic nitrogens is 2. The summed E-state index contributed by atoms with van der Waals surface area (Å²) >= 11 is 0.